The number of carbonyl (C=O) groups is 2. The van der Waals surface area contributed by atoms with Crippen molar-refractivity contribution in [3.05, 3.63) is 16.1 Å². The number of hydrogen-bond acceptors (Lipinski definition) is 6. The van der Waals surface area contributed by atoms with E-state index in [0.29, 0.717) is 6.54 Å². The van der Waals surface area contributed by atoms with Crippen molar-refractivity contribution in [2.75, 3.05) is 26.3 Å². The molecule has 0 aliphatic rings. The predicted molar refractivity (Wildman–Crippen MR) is 66.7 cm³/mol. The first-order valence-corrected chi connectivity index (χ1v) is 6.54. The van der Waals surface area contributed by atoms with Gasteiger partial charge in [-0.15, -0.1) is 11.3 Å². The number of carbonyl (C=O) groups excluding carboxylic acids is 2. The molecule has 1 amide bonds. The molecule has 1 N–H and O–H groups in total. The first-order chi connectivity index (χ1) is 8.63. The van der Waals surface area contributed by atoms with E-state index in [2.05, 4.69) is 4.98 Å². The van der Waals surface area contributed by atoms with Gasteiger partial charge in [0.15, 0.2) is 0 Å². The number of hydrogen-bond donors (Lipinski definition) is 1. The Morgan fingerprint density at radius 2 is 2.22 bits per heavy atom. The van der Waals surface area contributed by atoms with Crippen LogP contribution in [0.25, 0.3) is 0 Å². The smallest absolute Gasteiger partial charge is 0.367 e. The number of amides is 1. The van der Waals surface area contributed by atoms with Crippen LogP contribution in [0.2, 0.25) is 0 Å². The molecule has 0 saturated heterocycles. The molecular weight excluding hydrogens is 256 g/mol. The van der Waals surface area contributed by atoms with E-state index in [-0.39, 0.29) is 36.4 Å². The van der Waals surface area contributed by atoms with Crippen LogP contribution in [-0.4, -0.2) is 53.2 Å². The van der Waals surface area contributed by atoms with E-state index in [4.69, 9.17) is 9.84 Å². The molecule has 1 heterocycles. The number of rotatable bonds is 6. The minimum absolute atomic E-state index is 0.103. The predicted octanol–water partition coefficient (Wildman–Crippen LogP) is 0.774. The second kappa shape index (κ2) is 7.07. The second-order valence-corrected chi connectivity index (χ2v) is 4.22. The second-order valence-electron chi connectivity index (χ2n) is 3.37. The van der Waals surface area contributed by atoms with Gasteiger partial charge in [0.2, 0.25) is 5.01 Å². The van der Waals surface area contributed by atoms with Crippen LogP contribution in [0, 0.1) is 0 Å². The number of ether oxygens (including phenoxy) is 1. The lowest BCUT2D eigenvalue weighted by Crippen LogP contribution is -2.33. The Hall–Kier alpha value is -1.47. The van der Waals surface area contributed by atoms with Gasteiger partial charge in [-0.05, 0) is 13.8 Å². The molecule has 1 rings (SSSR count). The first-order valence-electron chi connectivity index (χ1n) is 5.66. The lowest BCUT2D eigenvalue weighted by Gasteiger charge is -2.17. The van der Waals surface area contributed by atoms with Crippen molar-refractivity contribution in [1.29, 1.82) is 0 Å². The molecule has 0 spiro atoms. The van der Waals surface area contributed by atoms with Crippen molar-refractivity contribution in [3.63, 3.8) is 0 Å². The highest BCUT2D eigenvalue weighted by atomic mass is 32.1. The summed E-state index contributed by atoms with van der Waals surface area (Å²) >= 11 is 1.08. The first kappa shape index (κ1) is 14.6. The maximum absolute atomic E-state index is 12.0. The Morgan fingerprint density at radius 3 is 2.78 bits per heavy atom. The number of likely N-dealkylation sites (N-methyl/N-ethyl adjacent to an activating group) is 1. The normalized spacial score (nSPS) is 10.2. The molecule has 0 atom stereocenters. The van der Waals surface area contributed by atoms with E-state index in [9.17, 15) is 9.59 Å². The number of aromatic nitrogens is 1. The minimum Gasteiger partial charge on any atom is -0.461 e. The summed E-state index contributed by atoms with van der Waals surface area (Å²) in [6.07, 6.45) is 0. The zero-order valence-corrected chi connectivity index (χ0v) is 11.2. The lowest BCUT2D eigenvalue weighted by atomic mass is 10.4. The Kier molecular flexibility index (Phi) is 5.73. The van der Waals surface area contributed by atoms with E-state index < -0.39 is 5.97 Å². The van der Waals surface area contributed by atoms with Crippen LogP contribution < -0.4 is 0 Å². The maximum atomic E-state index is 12.0. The molecule has 0 bridgehead atoms. The van der Waals surface area contributed by atoms with Crippen molar-refractivity contribution in [1.82, 2.24) is 9.88 Å². The van der Waals surface area contributed by atoms with E-state index in [1.54, 1.807) is 6.92 Å². The number of aliphatic hydroxyl groups excluding tert-OH is 1. The van der Waals surface area contributed by atoms with E-state index in [0.717, 1.165) is 11.3 Å². The highest BCUT2D eigenvalue weighted by Gasteiger charge is 2.19. The largest absolute Gasteiger partial charge is 0.461 e. The van der Waals surface area contributed by atoms with Gasteiger partial charge in [-0.1, -0.05) is 0 Å². The van der Waals surface area contributed by atoms with Crippen LogP contribution in [0.15, 0.2) is 5.38 Å². The number of nitrogens with zero attached hydrogens (tertiary/aromatic N) is 2. The van der Waals surface area contributed by atoms with Crippen molar-refractivity contribution in [3.8, 4) is 0 Å². The summed E-state index contributed by atoms with van der Waals surface area (Å²) in [5, 5.41) is 10.5. The molecule has 100 valence electrons. The van der Waals surface area contributed by atoms with Crippen LogP contribution in [0.3, 0.4) is 0 Å². The van der Waals surface area contributed by atoms with Crippen LogP contribution in [0.1, 0.15) is 34.1 Å². The van der Waals surface area contributed by atoms with Crippen LogP contribution in [0.4, 0.5) is 0 Å². The average Bonchev–Trinajstić information content (AvgIpc) is 2.85. The molecule has 7 heteroatoms. The Labute approximate surface area is 109 Å². The summed E-state index contributed by atoms with van der Waals surface area (Å²) in [5.41, 5.74) is 0.207. The fraction of sp³-hybridized carbons (Fsp3) is 0.545. The molecule has 18 heavy (non-hydrogen) atoms. The zero-order valence-electron chi connectivity index (χ0n) is 10.4. The van der Waals surface area contributed by atoms with Crippen molar-refractivity contribution in [2.45, 2.75) is 13.8 Å². The van der Waals surface area contributed by atoms with Gasteiger partial charge in [-0.25, -0.2) is 9.78 Å². The van der Waals surface area contributed by atoms with E-state index >= 15 is 0 Å². The molecule has 0 aliphatic heterocycles. The highest BCUT2D eigenvalue weighted by molar-refractivity contribution is 7.11. The lowest BCUT2D eigenvalue weighted by molar-refractivity contribution is 0.0525. The zero-order chi connectivity index (χ0) is 13.5. The van der Waals surface area contributed by atoms with Gasteiger partial charge in [0.05, 0.1) is 13.2 Å². The quantitative estimate of drug-likeness (QED) is 0.774. The summed E-state index contributed by atoms with van der Waals surface area (Å²) in [6, 6.07) is 0. The van der Waals surface area contributed by atoms with E-state index in [1.165, 1.54) is 10.3 Å². The number of esters is 1. The molecule has 0 aliphatic carbocycles. The van der Waals surface area contributed by atoms with Crippen molar-refractivity contribution in [2.24, 2.45) is 0 Å². The van der Waals surface area contributed by atoms with Gasteiger partial charge in [-0.3, -0.25) is 4.79 Å². The van der Waals surface area contributed by atoms with Gasteiger partial charge in [0, 0.05) is 18.5 Å². The standard InChI is InChI=1S/C11H16N2O4S/c1-3-13(5-6-14)10(15)8-7-18-9(12-8)11(16)17-4-2/h7,14H,3-6H2,1-2H3. The Morgan fingerprint density at radius 1 is 1.50 bits per heavy atom. The van der Waals surface area contributed by atoms with Crippen LogP contribution in [-0.2, 0) is 4.74 Å². The monoisotopic (exact) mass is 272 g/mol. The van der Waals surface area contributed by atoms with E-state index in [1.807, 2.05) is 6.92 Å². The third-order valence-electron chi connectivity index (χ3n) is 2.21. The topological polar surface area (TPSA) is 79.7 Å². The van der Waals surface area contributed by atoms with Gasteiger partial charge in [0.1, 0.15) is 5.69 Å². The number of aliphatic hydroxyl groups is 1. The average molecular weight is 272 g/mol. The van der Waals surface area contributed by atoms with Crippen molar-refractivity contribution >= 4 is 23.2 Å². The molecule has 0 aromatic carbocycles. The number of thiazole rings is 1. The van der Waals surface area contributed by atoms with Crippen LogP contribution >= 0.6 is 11.3 Å². The third kappa shape index (κ3) is 3.51. The molecule has 0 unspecified atom stereocenters. The molecule has 0 saturated carbocycles. The fourth-order valence-corrected chi connectivity index (χ4v) is 2.03. The molecule has 6 nitrogen and oxygen atoms in total. The Bertz CT molecular complexity index is 419. The molecule has 1 aromatic heterocycles. The molecule has 0 radical (unpaired) electrons. The van der Waals surface area contributed by atoms with Crippen LogP contribution in [0.5, 0.6) is 0 Å². The fourth-order valence-electron chi connectivity index (χ4n) is 1.34. The van der Waals surface area contributed by atoms with Crippen molar-refractivity contribution < 1.29 is 19.4 Å². The summed E-state index contributed by atoms with van der Waals surface area (Å²) in [7, 11) is 0. The molecular formula is C11H16N2O4S. The maximum Gasteiger partial charge on any atom is 0.367 e. The van der Waals surface area contributed by atoms with Gasteiger partial charge >= 0.3 is 5.97 Å². The van der Waals surface area contributed by atoms with Gasteiger partial charge in [-0.2, -0.15) is 0 Å². The summed E-state index contributed by atoms with van der Waals surface area (Å²) in [5.74, 6) is -0.815. The highest BCUT2D eigenvalue weighted by Crippen LogP contribution is 2.13. The summed E-state index contributed by atoms with van der Waals surface area (Å²) < 4.78 is 4.80. The summed E-state index contributed by atoms with van der Waals surface area (Å²) in [4.78, 5) is 28.8. The molecule has 1 aromatic rings. The SMILES string of the molecule is CCOC(=O)c1nc(C(=O)N(CC)CCO)cs1. The third-order valence-corrected chi connectivity index (χ3v) is 3.03. The minimum atomic E-state index is -0.522. The summed E-state index contributed by atoms with van der Waals surface area (Å²) in [6.45, 7) is 4.42. The molecule has 0 fully saturated rings. The van der Waals surface area contributed by atoms with Gasteiger partial charge < -0.3 is 14.7 Å². The van der Waals surface area contributed by atoms with Gasteiger partial charge in [0.25, 0.3) is 5.91 Å². The Balaban J connectivity index is 2.78.